The predicted molar refractivity (Wildman–Crippen MR) is 421 cm³/mol. The summed E-state index contributed by atoms with van der Waals surface area (Å²) in [6.45, 7) is 35.4. The molecule has 0 unspecified atom stereocenters. The Morgan fingerprint density at radius 1 is 0.284 bits per heavy atom. The summed E-state index contributed by atoms with van der Waals surface area (Å²) < 4.78 is 168. The Morgan fingerprint density at radius 3 is 0.598 bits per heavy atom. The van der Waals surface area contributed by atoms with Gasteiger partial charge in [-0.25, -0.2) is 4.79 Å². The van der Waals surface area contributed by atoms with Gasteiger partial charge in [0, 0.05) is 6.08 Å². The van der Waals surface area contributed by atoms with Crippen LogP contribution in [0.1, 0.15) is 6.42 Å². The van der Waals surface area contributed by atoms with Crippen LogP contribution in [-0.2, 0) is 91.8 Å². The molecule has 0 amide bonds. The van der Waals surface area contributed by atoms with Gasteiger partial charge in [-0.15, -0.1) is 0 Å². The van der Waals surface area contributed by atoms with Crippen LogP contribution in [0.5, 0.6) is 0 Å². The van der Waals surface area contributed by atoms with Gasteiger partial charge in [0.15, 0.2) is 8.32 Å². The molecule has 0 N–H and O–H groups in total. The lowest BCUT2D eigenvalue weighted by Gasteiger charge is -2.61. The van der Waals surface area contributed by atoms with Crippen molar-refractivity contribution in [2.75, 3.05) is 6.61 Å². The highest BCUT2D eigenvalue weighted by Gasteiger charge is 2.93. The highest BCUT2D eigenvalue weighted by Crippen LogP contribution is 2.53. The van der Waals surface area contributed by atoms with Gasteiger partial charge < -0.3 is 87.0 Å². The minimum atomic E-state index is -5.75. The third kappa shape index (κ3) is 17.4. The Kier molecular flexibility index (Phi) is 22.3. The minimum Gasteiger partial charge on any atom is -0.463 e. The summed E-state index contributed by atoms with van der Waals surface area (Å²) in [7, 11) is -75.0. The Labute approximate surface area is 617 Å². The molecular formula is C64H92O22Si16. The van der Waals surface area contributed by atoms with Crippen LogP contribution in [0.3, 0.4) is 0 Å². The molecule has 0 aromatic heterocycles. The number of hydrogen-bond donors (Lipinski definition) is 0. The molecule has 0 saturated carbocycles. The van der Waals surface area contributed by atoms with E-state index in [0.717, 1.165) is 42.4 Å². The normalized spacial score (nSPS) is 27.8. The van der Waals surface area contributed by atoms with Gasteiger partial charge in [-0.3, -0.25) is 0 Å². The third-order valence-corrected chi connectivity index (χ3v) is 79.8. The molecule has 7 aromatic carbocycles. The summed E-state index contributed by atoms with van der Waals surface area (Å²) in [6.07, 6.45) is 1.43. The van der Waals surface area contributed by atoms with E-state index in [0.29, 0.717) is 12.5 Å². The largest absolute Gasteiger partial charge is 0.651 e. The summed E-state index contributed by atoms with van der Waals surface area (Å²) in [4.78, 5) is 12.7. The second kappa shape index (κ2) is 29.1. The first kappa shape index (κ1) is 78.0. The fourth-order valence-electron chi connectivity index (χ4n) is 12.4. The Morgan fingerprint density at radius 2 is 0.441 bits per heavy atom. The number of ether oxygens (including phenoxy) is 1. The van der Waals surface area contributed by atoms with Gasteiger partial charge in [0.05, 0.1) is 6.61 Å². The van der Waals surface area contributed by atoms with Crippen molar-refractivity contribution in [3.63, 3.8) is 0 Å². The second-order valence-electron chi connectivity index (χ2n) is 29.4. The molecule has 102 heavy (non-hydrogen) atoms. The van der Waals surface area contributed by atoms with E-state index < -0.39 is 145 Å². The predicted octanol–water partition coefficient (Wildman–Crippen LogP) is 8.98. The highest BCUT2D eigenvalue weighted by atomic mass is 28.7. The fraction of sp³-hybridized carbons (Fsp3) is 0.297. The van der Waals surface area contributed by atoms with Crippen LogP contribution in [0.4, 0.5) is 0 Å². The molecular weight excluding hydrogens is 1570 g/mol. The lowest BCUT2D eigenvalue weighted by molar-refractivity contribution is -0.138. The van der Waals surface area contributed by atoms with E-state index in [1.807, 2.05) is 317 Å². The third-order valence-electron chi connectivity index (χ3n) is 17.7. The molecule has 0 radical (unpaired) electrons. The number of rotatable bonds is 28. The van der Waals surface area contributed by atoms with Crippen molar-refractivity contribution < 1.29 is 91.8 Å². The summed E-state index contributed by atoms with van der Waals surface area (Å²) in [5.74, 6) is -0.582. The molecule has 8 bridgehead atoms. The van der Waals surface area contributed by atoms with Crippen molar-refractivity contribution in [1.82, 2.24) is 0 Å². The maximum atomic E-state index is 12.7. The van der Waals surface area contributed by atoms with E-state index in [1.165, 1.54) is 0 Å². The van der Waals surface area contributed by atoms with Gasteiger partial charge in [-0.05, 0) is 154 Å². The number of carbonyl (C=O) groups excluding carboxylic acids is 1. The van der Waals surface area contributed by atoms with Crippen LogP contribution in [-0.4, -0.2) is 151 Å². The average molecular weight is 1660 g/mol. The van der Waals surface area contributed by atoms with Gasteiger partial charge >= 0.3 is 78.4 Å². The monoisotopic (exact) mass is 1660 g/mol. The zero-order valence-electron chi connectivity index (χ0n) is 60.6. The molecule has 7 aromatic rings. The Bertz CT molecular complexity index is 3700. The number of benzene rings is 7. The van der Waals surface area contributed by atoms with Gasteiger partial charge in [0.25, 0.3) is 0 Å². The first-order valence-electron chi connectivity index (χ1n) is 34.0. The first-order valence-corrected chi connectivity index (χ1v) is 70.6. The standard InChI is InChI=1S/C64H92O22Si16/c1-18-64(65)66-55-40-56-87(2,3)67-95-75-96(68-88(4,5)57-41-26-19-27-42-57)78-99(71-91(10,11)60-47-32-22-33-48-60)80-97(76-95,69-89(6,7)58-43-28-20-29-44-58)82-101(73-93(14,15)62-51-36-24-37-52-62)83-98(77-95,70-90(8,9)59-45-30-21-31-46-59)81-100(79-96,72-92(12,13)61-49-34-23-35-50-61)85-102(84-99,86-101)74-94(16,17)63-53-38-25-39-54-63/h18-39,41-54H,1,40,55-56H2,2-17H3. The van der Waals surface area contributed by atoms with Crippen LogP contribution in [0.15, 0.2) is 225 Å². The van der Waals surface area contributed by atoms with E-state index in [-0.39, 0.29) is 6.61 Å². The van der Waals surface area contributed by atoms with E-state index in [1.54, 1.807) is 0 Å². The van der Waals surface area contributed by atoms with Crippen LogP contribution in [0.2, 0.25) is 111 Å². The zero-order chi connectivity index (χ0) is 73.0. The molecule has 6 aliphatic heterocycles. The molecule has 38 heteroatoms. The van der Waals surface area contributed by atoms with Gasteiger partial charge in [-0.1, -0.05) is 219 Å². The van der Waals surface area contributed by atoms with E-state index >= 15 is 0 Å². The quantitative estimate of drug-likeness (QED) is 0.0194. The van der Waals surface area contributed by atoms with Gasteiger partial charge in [0.1, 0.15) is 0 Å². The number of esters is 1. The SMILES string of the molecule is C=CC(=O)OCCC[Si](C)(C)O[Si]12O[Si]3(O[Si](C)(C)c4ccccc4)O[Si]4(O[Si](C)(C)c5ccccc5)O[Si](O[Si](C)(C)c5ccccc5)(O1)O[Si]1(O[Si](C)(C)c5ccccc5)O[Si](O[Si](C)(C)c5ccccc5)(O2)O[Si](O[Si](C)(C)c2ccccc2)(O3)O[Si](O[Si](C)(C)c2ccccc2)(O4)O1. The molecule has 0 aliphatic carbocycles. The molecule has 6 saturated heterocycles. The van der Waals surface area contributed by atoms with Crippen molar-refractivity contribution in [1.29, 1.82) is 0 Å². The summed E-state index contributed by atoms with van der Waals surface area (Å²) in [5.41, 5.74) is 0. The summed E-state index contributed by atoms with van der Waals surface area (Å²) >= 11 is 0. The van der Waals surface area contributed by atoms with Crippen molar-refractivity contribution in [2.45, 2.75) is 117 Å². The first-order chi connectivity index (χ1) is 47.8. The van der Waals surface area contributed by atoms with Crippen molar-refractivity contribution >= 4 is 181 Å². The lowest BCUT2D eigenvalue weighted by atomic mass is 10.4. The van der Waals surface area contributed by atoms with Crippen molar-refractivity contribution in [3.8, 4) is 0 Å². The maximum absolute atomic E-state index is 12.7. The van der Waals surface area contributed by atoms with Crippen LogP contribution in [0.25, 0.3) is 0 Å². The van der Waals surface area contributed by atoms with E-state index in [4.69, 9.17) is 87.0 Å². The fourth-order valence-corrected chi connectivity index (χ4v) is 85.0. The van der Waals surface area contributed by atoms with Gasteiger partial charge in [-0.2, -0.15) is 0 Å². The average Bonchev–Trinajstić information content (AvgIpc) is 0.676. The Balaban J connectivity index is 1.26. The highest BCUT2D eigenvalue weighted by molar-refractivity contribution is 7.07. The molecule has 544 valence electrons. The topological polar surface area (TPSA) is 211 Å². The molecule has 0 spiro atoms. The molecule has 0 atom stereocenters. The minimum absolute atomic E-state index is 0.0116. The van der Waals surface area contributed by atoms with E-state index in [2.05, 4.69) is 6.58 Å². The van der Waals surface area contributed by atoms with E-state index in [9.17, 15) is 4.79 Å². The molecule has 22 nitrogen and oxygen atoms in total. The summed E-state index contributed by atoms with van der Waals surface area (Å²) in [5, 5.41) is 5.53. The van der Waals surface area contributed by atoms with Crippen molar-refractivity contribution in [2.24, 2.45) is 0 Å². The van der Waals surface area contributed by atoms with Gasteiger partial charge in [0.2, 0.25) is 58.2 Å². The smallest absolute Gasteiger partial charge is 0.463 e. The summed E-state index contributed by atoms with van der Waals surface area (Å²) in [6, 6.07) is 68.5. The number of carbonyl (C=O) groups is 1. The Hall–Kier alpha value is -3.58. The zero-order valence-corrected chi connectivity index (χ0v) is 76.6. The molecule has 6 fully saturated rings. The van der Waals surface area contributed by atoms with Crippen LogP contribution < -0.4 is 36.3 Å². The van der Waals surface area contributed by atoms with Crippen LogP contribution >= 0.6 is 0 Å². The van der Waals surface area contributed by atoms with Crippen LogP contribution in [0, 0.1) is 0 Å². The second-order valence-corrected chi connectivity index (χ2v) is 82.9. The van der Waals surface area contributed by atoms with Crippen molar-refractivity contribution in [3.05, 3.63) is 225 Å². The molecule has 6 heterocycles. The molecule has 6 aliphatic rings. The number of hydrogen-bond acceptors (Lipinski definition) is 22. The maximum Gasteiger partial charge on any atom is 0.651 e. The lowest BCUT2D eigenvalue weighted by Crippen LogP contribution is -2.93. The molecule has 13 rings (SSSR count).